The van der Waals surface area contributed by atoms with Gasteiger partial charge in [0.2, 0.25) is 0 Å². The van der Waals surface area contributed by atoms with Gasteiger partial charge in [-0.3, -0.25) is 10.3 Å². The first-order valence-corrected chi connectivity index (χ1v) is 6.27. The van der Waals surface area contributed by atoms with Crippen molar-refractivity contribution in [3.05, 3.63) is 22.4 Å². The summed E-state index contributed by atoms with van der Waals surface area (Å²) in [6.07, 6.45) is 2.24. The first-order chi connectivity index (χ1) is 7.25. The summed E-state index contributed by atoms with van der Waals surface area (Å²) in [5.41, 5.74) is 6.94. The van der Waals surface area contributed by atoms with Crippen LogP contribution in [0.25, 0.3) is 0 Å². The van der Waals surface area contributed by atoms with Gasteiger partial charge in [0.1, 0.15) is 0 Å². The predicted molar refractivity (Wildman–Crippen MR) is 64.2 cm³/mol. The van der Waals surface area contributed by atoms with Crippen LogP contribution in [0.1, 0.15) is 18.4 Å². The maximum absolute atomic E-state index is 7.48. The van der Waals surface area contributed by atoms with Crippen LogP contribution in [0.4, 0.5) is 0 Å². The summed E-state index contributed by atoms with van der Waals surface area (Å²) < 4.78 is 0. The van der Waals surface area contributed by atoms with Crippen molar-refractivity contribution in [3.63, 3.8) is 0 Å². The number of nitrogens with one attached hydrogen (secondary N) is 1. The van der Waals surface area contributed by atoms with Crippen LogP contribution in [-0.4, -0.2) is 23.8 Å². The van der Waals surface area contributed by atoms with E-state index in [1.54, 1.807) is 11.3 Å². The van der Waals surface area contributed by atoms with E-state index >= 15 is 0 Å². The Morgan fingerprint density at radius 2 is 2.53 bits per heavy atom. The van der Waals surface area contributed by atoms with Crippen LogP contribution in [0.5, 0.6) is 0 Å². The van der Waals surface area contributed by atoms with E-state index in [4.69, 9.17) is 11.1 Å². The fourth-order valence-electron chi connectivity index (χ4n) is 2.09. The van der Waals surface area contributed by atoms with Gasteiger partial charge in [-0.15, -0.1) is 0 Å². The van der Waals surface area contributed by atoms with Crippen molar-refractivity contribution in [2.24, 2.45) is 11.7 Å². The molecule has 3 nitrogen and oxygen atoms in total. The maximum atomic E-state index is 7.48. The summed E-state index contributed by atoms with van der Waals surface area (Å²) in [6, 6.07) is 2.17. The summed E-state index contributed by atoms with van der Waals surface area (Å²) >= 11 is 1.74. The second-order valence-corrected chi connectivity index (χ2v) is 4.94. The zero-order valence-corrected chi connectivity index (χ0v) is 9.59. The number of amidine groups is 1. The molecular formula is C11H17N3S. The molecule has 0 saturated carbocycles. The molecule has 82 valence electrons. The minimum atomic E-state index is 0.275. The van der Waals surface area contributed by atoms with Crippen LogP contribution in [0.15, 0.2) is 16.8 Å². The minimum Gasteiger partial charge on any atom is -0.387 e. The van der Waals surface area contributed by atoms with Crippen molar-refractivity contribution < 1.29 is 0 Å². The molecule has 1 atom stereocenters. The van der Waals surface area contributed by atoms with Gasteiger partial charge >= 0.3 is 0 Å². The zero-order valence-electron chi connectivity index (χ0n) is 8.78. The van der Waals surface area contributed by atoms with E-state index in [0.717, 1.165) is 32.5 Å². The average molecular weight is 223 g/mol. The molecule has 0 amide bonds. The molecule has 0 spiro atoms. The molecule has 1 aliphatic rings. The zero-order chi connectivity index (χ0) is 10.7. The summed E-state index contributed by atoms with van der Waals surface area (Å²) in [6.45, 7) is 3.10. The molecule has 1 aromatic heterocycles. The number of nitrogens with zero attached hydrogens (tertiary/aromatic N) is 1. The van der Waals surface area contributed by atoms with Crippen molar-refractivity contribution in [1.82, 2.24) is 4.90 Å². The Balaban J connectivity index is 1.90. The highest BCUT2D eigenvalue weighted by atomic mass is 32.1. The smallest absolute Gasteiger partial charge is 0.0949 e. The fourth-order valence-corrected chi connectivity index (χ4v) is 2.75. The van der Waals surface area contributed by atoms with Crippen molar-refractivity contribution in [2.75, 3.05) is 13.1 Å². The van der Waals surface area contributed by atoms with Crippen molar-refractivity contribution in [3.8, 4) is 0 Å². The van der Waals surface area contributed by atoms with E-state index in [2.05, 4.69) is 21.7 Å². The molecule has 0 aliphatic carbocycles. The van der Waals surface area contributed by atoms with E-state index in [1.807, 2.05) is 0 Å². The summed E-state index contributed by atoms with van der Waals surface area (Å²) in [4.78, 5) is 2.40. The Morgan fingerprint density at radius 1 is 1.67 bits per heavy atom. The van der Waals surface area contributed by atoms with E-state index in [1.165, 1.54) is 5.56 Å². The lowest BCUT2D eigenvalue weighted by molar-refractivity contribution is 0.196. The predicted octanol–water partition coefficient (Wildman–Crippen LogP) is 1.90. The van der Waals surface area contributed by atoms with Gasteiger partial charge in [-0.2, -0.15) is 11.3 Å². The highest BCUT2D eigenvalue weighted by molar-refractivity contribution is 7.07. The van der Waals surface area contributed by atoms with Crippen LogP contribution in [0, 0.1) is 11.3 Å². The third-order valence-corrected chi connectivity index (χ3v) is 3.66. The average Bonchev–Trinajstić information content (AvgIpc) is 2.71. The number of likely N-dealkylation sites (tertiary alicyclic amines) is 1. The molecule has 1 unspecified atom stereocenters. The minimum absolute atomic E-state index is 0.275. The topological polar surface area (TPSA) is 53.1 Å². The summed E-state index contributed by atoms with van der Waals surface area (Å²) in [5, 5.41) is 11.8. The van der Waals surface area contributed by atoms with E-state index in [-0.39, 0.29) is 5.92 Å². The number of nitrogens with two attached hydrogens (primary N) is 1. The van der Waals surface area contributed by atoms with E-state index in [9.17, 15) is 0 Å². The van der Waals surface area contributed by atoms with Crippen LogP contribution in [0.3, 0.4) is 0 Å². The van der Waals surface area contributed by atoms with Crippen LogP contribution in [-0.2, 0) is 6.54 Å². The Hall–Kier alpha value is -0.870. The monoisotopic (exact) mass is 223 g/mol. The van der Waals surface area contributed by atoms with Gasteiger partial charge in [0.15, 0.2) is 0 Å². The molecule has 1 aliphatic heterocycles. The molecule has 0 radical (unpaired) electrons. The van der Waals surface area contributed by atoms with Gasteiger partial charge < -0.3 is 5.73 Å². The lowest BCUT2D eigenvalue weighted by Gasteiger charge is -2.31. The van der Waals surface area contributed by atoms with Gasteiger partial charge in [-0.1, -0.05) is 0 Å². The normalized spacial score (nSPS) is 22.8. The lowest BCUT2D eigenvalue weighted by atomic mass is 9.97. The molecule has 1 aromatic rings. The van der Waals surface area contributed by atoms with Gasteiger partial charge in [-0.05, 0) is 41.8 Å². The Bertz CT molecular complexity index is 321. The largest absolute Gasteiger partial charge is 0.387 e. The van der Waals surface area contributed by atoms with Gasteiger partial charge in [0, 0.05) is 19.0 Å². The van der Waals surface area contributed by atoms with E-state index in [0.29, 0.717) is 5.84 Å². The van der Waals surface area contributed by atoms with E-state index < -0.39 is 0 Å². The second kappa shape index (κ2) is 4.77. The summed E-state index contributed by atoms with van der Waals surface area (Å²) in [5.74, 6) is 0.627. The molecular weight excluding hydrogens is 206 g/mol. The molecule has 4 heteroatoms. The third-order valence-electron chi connectivity index (χ3n) is 2.93. The molecule has 2 heterocycles. The first kappa shape index (κ1) is 10.6. The summed E-state index contributed by atoms with van der Waals surface area (Å²) in [7, 11) is 0. The van der Waals surface area contributed by atoms with Crippen molar-refractivity contribution >= 4 is 17.2 Å². The standard InChI is InChI=1S/C11H17N3S/c12-11(13)10-2-1-4-14(7-10)6-9-3-5-15-8-9/h3,5,8,10H,1-2,4,6-7H2,(H3,12,13). The fraction of sp³-hybridized carbons (Fsp3) is 0.545. The SMILES string of the molecule is N=C(N)C1CCCN(Cc2ccsc2)C1. The Labute approximate surface area is 94.4 Å². The molecule has 1 fully saturated rings. The first-order valence-electron chi connectivity index (χ1n) is 5.33. The van der Waals surface area contributed by atoms with Gasteiger partial charge in [0.25, 0.3) is 0 Å². The number of piperidine rings is 1. The molecule has 0 aromatic carbocycles. The van der Waals surface area contributed by atoms with Crippen molar-refractivity contribution in [1.29, 1.82) is 5.41 Å². The molecule has 1 saturated heterocycles. The molecule has 0 bridgehead atoms. The number of hydrogen-bond acceptors (Lipinski definition) is 3. The van der Waals surface area contributed by atoms with Crippen LogP contribution in [0.2, 0.25) is 0 Å². The maximum Gasteiger partial charge on any atom is 0.0949 e. The second-order valence-electron chi connectivity index (χ2n) is 4.16. The number of hydrogen-bond donors (Lipinski definition) is 2. The van der Waals surface area contributed by atoms with Crippen LogP contribution >= 0.6 is 11.3 Å². The van der Waals surface area contributed by atoms with Crippen molar-refractivity contribution in [2.45, 2.75) is 19.4 Å². The van der Waals surface area contributed by atoms with Gasteiger partial charge in [-0.25, -0.2) is 0 Å². The van der Waals surface area contributed by atoms with Crippen LogP contribution < -0.4 is 5.73 Å². The Kier molecular flexibility index (Phi) is 3.38. The highest BCUT2D eigenvalue weighted by Gasteiger charge is 2.21. The molecule has 2 rings (SSSR count). The quantitative estimate of drug-likeness (QED) is 0.607. The lowest BCUT2D eigenvalue weighted by Crippen LogP contribution is -2.40. The third kappa shape index (κ3) is 2.79. The number of thiophene rings is 1. The highest BCUT2D eigenvalue weighted by Crippen LogP contribution is 2.19. The molecule has 15 heavy (non-hydrogen) atoms. The molecule has 3 N–H and O–H groups in total. The van der Waals surface area contributed by atoms with Gasteiger partial charge in [0.05, 0.1) is 5.84 Å². The number of rotatable bonds is 3. The Morgan fingerprint density at radius 3 is 3.20 bits per heavy atom.